The topological polar surface area (TPSA) is 80.4 Å². The number of thioether (sulfide) groups is 1. The summed E-state index contributed by atoms with van der Waals surface area (Å²) in [6.07, 6.45) is 3.86. The van der Waals surface area contributed by atoms with E-state index in [2.05, 4.69) is 16.4 Å². The number of aromatic nitrogens is 1. The number of carbonyl (C=O) groups excluding carboxylic acids is 1. The number of fused-ring (bicyclic) bond motifs is 6. The van der Waals surface area contributed by atoms with Gasteiger partial charge in [-0.3, -0.25) is 9.59 Å². The number of methoxy groups -OCH3 is 1. The van der Waals surface area contributed by atoms with Crippen molar-refractivity contribution in [3.8, 4) is 11.5 Å². The Kier molecular flexibility index (Phi) is 6.06. The minimum atomic E-state index is -0.269. The molecule has 2 heterocycles. The molecule has 3 aliphatic rings. The van der Waals surface area contributed by atoms with E-state index in [1.165, 1.54) is 30.6 Å². The smallest absolute Gasteiger partial charge is 0.305 e. The molecule has 0 saturated heterocycles. The summed E-state index contributed by atoms with van der Waals surface area (Å²) < 4.78 is 11.5. The van der Waals surface area contributed by atoms with Gasteiger partial charge >= 0.3 is 4.87 Å². The predicted octanol–water partition coefficient (Wildman–Crippen LogP) is 5.77. The average molecular weight is 529 g/mol. The fraction of sp³-hybridized carbons (Fsp3) is 0.385. The van der Waals surface area contributed by atoms with Gasteiger partial charge in [-0.2, -0.15) is 0 Å². The maximum atomic E-state index is 12.4. The van der Waals surface area contributed by atoms with Crippen molar-refractivity contribution in [2.24, 2.45) is 17.8 Å². The highest BCUT2D eigenvalue weighted by atomic mass is 35.5. The summed E-state index contributed by atoms with van der Waals surface area (Å²) in [6.45, 7) is -0.142. The number of carbonyl (C=O) groups is 1. The number of anilines is 1. The van der Waals surface area contributed by atoms with E-state index in [1.807, 2.05) is 23.9 Å². The van der Waals surface area contributed by atoms with Gasteiger partial charge in [-0.25, -0.2) is 0 Å². The lowest BCUT2D eigenvalue weighted by Gasteiger charge is -2.40. The minimum Gasteiger partial charge on any atom is -0.493 e. The summed E-state index contributed by atoms with van der Waals surface area (Å²) in [4.78, 5) is 28.9. The van der Waals surface area contributed by atoms with Crippen LogP contribution in [-0.4, -0.2) is 29.9 Å². The molecule has 35 heavy (non-hydrogen) atoms. The van der Waals surface area contributed by atoms with Crippen molar-refractivity contribution >= 4 is 46.3 Å². The number of hydrogen-bond donors (Lipinski definition) is 2. The van der Waals surface area contributed by atoms with Gasteiger partial charge in [0.1, 0.15) is 0 Å². The van der Waals surface area contributed by atoms with Gasteiger partial charge in [-0.05, 0) is 79.0 Å². The second-order valence-electron chi connectivity index (χ2n) is 9.43. The molecular formula is C26H25ClN2O4S2. The van der Waals surface area contributed by atoms with E-state index in [0.29, 0.717) is 39.3 Å². The highest BCUT2D eigenvalue weighted by Crippen LogP contribution is 2.63. The molecule has 2 fully saturated rings. The summed E-state index contributed by atoms with van der Waals surface area (Å²) >= 11 is 9.12. The van der Waals surface area contributed by atoms with E-state index in [-0.39, 0.29) is 23.3 Å². The SMILES string of the molecule is COc1cc([C@H]2c3sc(=O)[nH]c3S[C@H]3[C@@H]4CC[C@H](C4)[C@H]23)ccc1OCC(=O)Nc1ccc(Cl)cc1. The quantitative estimate of drug-likeness (QED) is 0.424. The summed E-state index contributed by atoms with van der Waals surface area (Å²) in [5, 5.41) is 4.99. The number of nitrogens with one attached hydrogen (secondary N) is 2. The molecule has 0 unspecified atom stereocenters. The molecule has 2 N–H and O–H groups in total. The number of amides is 1. The lowest BCUT2D eigenvalue weighted by Crippen LogP contribution is -2.33. The molecule has 0 spiro atoms. The first-order chi connectivity index (χ1) is 17.0. The Labute approximate surface area is 216 Å². The van der Waals surface area contributed by atoms with Crippen LogP contribution in [0.5, 0.6) is 11.5 Å². The van der Waals surface area contributed by atoms with Crippen LogP contribution in [0.2, 0.25) is 5.02 Å². The van der Waals surface area contributed by atoms with Crippen LogP contribution in [0.3, 0.4) is 0 Å². The molecule has 5 atom stereocenters. The van der Waals surface area contributed by atoms with Crippen molar-refractivity contribution in [1.29, 1.82) is 0 Å². The number of thiazole rings is 1. The van der Waals surface area contributed by atoms with E-state index in [4.69, 9.17) is 21.1 Å². The average Bonchev–Trinajstić information content (AvgIpc) is 3.57. The van der Waals surface area contributed by atoms with E-state index in [0.717, 1.165) is 21.4 Å². The zero-order valence-electron chi connectivity index (χ0n) is 19.1. The normalized spacial score (nSPS) is 26.2. The molecular weight excluding hydrogens is 504 g/mol. The lowest BCUT2D eigenvalue weighted by atomic mass is 9.75. The maximum Gasteiger partial charge on any atom is 0.305 e. The molecule has 2 aromatic carbocycles. The molecule has 2 aliphatic carbocycles. The highest BCUT2D eigenvalue weighted by Gasteiger charge is 2.54. The third-order valence-electron chi connectivity index (χ3n) is 7.50. The van der Waals surface area contributed by atoms with Crippen LogP contribution in [-0.2, 0) is 4.79 Å². The number of benzene rings is 2. The molecule has 182 valence electrons. The van der Waals surface area contributed by atoms with Crippen molar-refractivity contribution < 1.29 is 14.3 Å². The van der Waals surface area contributed by atoms with E-state index < -0.39 is 0 Å². The van der Waals surface area contributed by atoms with Gasteiger partial charge < -0.3 is 19.8 Å². The second kappa shape index (κ2) is 9.22. The van der Waals surface area contributed by atoms with Crippen LogP contribution in [0, 0.1) is 17.8 Å². The molecule has 6 rings (SSSR count). The van der Waals surface area contributed by atoms with Crippen molar-refractivity contribution in [3.05, 3.63) is 67.6 Å². The Morgan fingerprint density at radius 3 is 2.74 bits per heavy atom. The van der Waals surface area contributed by atoms with Crippen molar-refractivity contribution in [2.75, 3.05) is 19.0 Å². The number of ether oxygens (including phenoxy) is 2. The van der Waals surface area contributed by atoms with Gasteiger partial charge in [0.2, 0.25) is 0 Å². The lowest BCUT2D eigenvalue weighted by molar-refractivity contribution is -0.118. The minimum absolute atomic E-state index is 0.0124. The molecule has 2 saturated carbocycles. The number of hydrogen-bond acceptors (Lipinski definition) is 6. The second-order valence-corrected chi connectivity index (χ2v) is 12.1. The molecule has 2 bridgehead atoms. The Morgan fingerprint density at radius 1 is 1.14 bits per heavy atom. The van der Waals surface area contributed by atoms with Gasteiger partial charge in [0.05, 0.1) is 12.1 Å². The Hall–Kier alpha value is -2.42. The standard InChI is InChI=1S/C26H25ClN2O4S2/c1-32-19-11-14(4-9-18(19)33-12-20(30)28-17-7-5-16(27)6-8-17)22-21-13-2-3-15(10-13)23(21)34-25-24(22)35-26(31)29-25/h4-9,11,13,15,21-23H,2-3,10,12H2,1H3,(H,28,30)(H,29,31)/t13-,15-,21-,22-,23+/m1/s1. The summed E-state index contributed by atoms with van der Waals surface area (Å²) in [5.74, 6) is 2.97. The van der Waals surface area contributed by atoms with Crippen LogP contribution in [0.1, 0.15) is 35.6 Å². The third-order valence-corrected chi connectivity index (χ3v) is 10.4. The van der Waals surface area contributed by atoms with Gasteiger partial charge in [-0.1, -0.05) is 29.0 Å². The van der Waals surface area contributed by atoms with Crippen LogP contribution < -0.4 is 19.7 Å². The Balaban J connectivity index is 1.24. The summed E-state index contributed by atoms with van der Waals surface area (Å²) in [6, 6.07) is 12.9. The first-order valence-electron chi connectivity index (χ1n) is 11.8. The maximum absolute atomic E-state index is 12.4. The summed E-state index contributed by atoms with van der Waals surface area (Å²) in [7, 11) is 1.61. The van der Waals surface area contributed by atoms with E-state index >= 15 is 0 Å². The number of rotatable bonds is 6. The zero-order valence-corrected chi connectivity index (χ0v) is 21.5. The molecule has 0 radical (unpaired) electrons. The number of halogens is 1. The molecule has 1 aromatic heterocycles. The fourth-order valence-corrected chi connectivity index (χ4v) is 9.11. The van der Waals surface area contributed by atoms with Crippen LogP contribution in [0.25, 0.3) is 0 Å². The Bertz CT molecular complexity index is 1320. The number of aromatic amines is 1. The van der Waals surface area contributed by atoms with Gasteiger partial charge in [0, 0.05) is 26.8 Å². The highest BCUT2D eigenvalue weighted by molar-refractivity contribution is 8.00. The van der Waals surface area contributed by atoms with E-state index in [9.17, 15) is 9.59 Å². The first-order valence-corrected chi connectivity index (χ1v) is 13.8. The van der Waals surface area contributed by atoms with Crippen molar-refractivity contribution in [1.82, 2.24) is 4.98 Å². The monoisotopic (exact) mass is 528 g/mol. The fourth-order valence-electron chi connectivity index (χ4n) is 6.09. The van der Waals surface area contributed by atoms with Gasteiger partial charge in [0.25, 0.3) is 5.91 Å². The predicted molar refractivity (Wildman–Crippen MR) is 139 cm³/mol. The third kappa shape index (κ3) is 4.26. The van der Waals surface area contributed by atoms with E-state index in [1.54, 1.807) is 31.4 Å². The zero-order chi connectivity index (χ0) is 24.1. The molecule has 6 nitrogen and oxygen atoms in total. The summed E-state index contributed by atoms with van der Waals surface area (Å²) in [5.41, 5.74) is 1.79. The Morgan fingerprint density at radius 2 is 1.94 bits per heavy atom. The van der Waals surface area contributed by atoms with Crippen LogP contribution >= 0.6 is 34.7 Å². The largest absolute Gasteiger partial charge is 0.493 e. The van der Waals surface area contributed by atoms with Crippen LogP contribution in [0.4, 0.5) is 5.69 Å². The molecule has 9 heteroatoms. The van der Waals surface area contributed by atoms with Crippen molar-refractivity contribution in [2.45, 2.75) is 35.5 Å². The van der Waals surface area contributed by atoms with Crippen LogP contribution in [0.15, 0.2) is 52.3 Å². The molecule has 1 aliphatic heterocycles. The van der Waals surface area contributed by atoms with Crippen molar-refractivity contribution in [3.63, 3.8) is 0 Å². The van der Waals surface area contributed by atoms with Gasteiger partial charge in [-0.15, -0.1) is 11.8 Å². The molecule has 3 aromatic rings. The first kappa shape index (κ1) is 23.0. The van der Waals surface area contributed by atoms with Gasteiger partial charge in [0.15, 0.2) is 18.1 Å². The molecule has 1 amide bonds. The number of H-pyrrole nitrogens is 1.